The van der Waals surface area contributed by atoms with E-state index < -0.39 is 5.97 Å². The number of carbonyl (C=O) groups excluding carboxylic acids is 2. The van der Waals surface area contributed by atoms with Crippen molar-refractivity contribution < 1.29 is 23.8 Å². The first-order valence-electron chi connectivity index (χ1n) is 17.9. The standard InChI is InChI=1S/C41H56O5/c1-4-7-9-11-13-14-16-18-32-44-38-28-24-34(25-29-38)33-20-22-35(23-21-33)41(43)46-39-30-26-36(27-31-39)40(42)45-37(6-3)19-17-15-12-10-8-5-2/h20-31,37H,4-19,32H2,1-3H3. The summed E-state index contributed by atoms with van der Waals surface area (Å²) in [5, 5.41) is 0. The van der Waals surface area contributed by atoms with Crippen LogP contribution in [0.3, 0.4) is 0 Å². The maximum absolute atomic E-state index is 12.8. The van der Waals surface area contributed by atoms with Crippen LogP contribution >= 0.6 is 0 Å². The number of benzene rings is 3. The van der Waals surface area contributed by atoms with Crippen molar-refractivity contribution in [2.75, 3.05) is 6.61 Å². The Balaban J connectivity index is 1.40. The van der Waals surface area contributed by atoms with Crippen LogP contribution in [0.4, 0.5) is 0 Å². The molecule has 0 radical (unpaired) electrons. The first kappa shape index (κ1) is 36.9. The van der Waals surface area contributed by atoms with Gasteiger partial charge in [0.25, 0.3) is 0 Å². The summed E-state index contributed by atoms with van der Waals surface area (Å²) in [5.41, 5.74) is 2.98. The molecule has 1 atom stereocenters. The molecular formula is C41H56O5. The van der Waals surface area contributed by atoms with Crippen molar-refractivity contribution in [2.24, 2.45) is 0 Å². The van der Waals surface area contributed by atoms with Crippen LogP contribution in [0.5, 0.6) is 11.5 Å². The fourth-order valence-electron chi connectivity index (χ4n) is 5.51. The van der Waals surface area contributed by atoms with Gasteiger partial charge < -0.3 is 14.2 Å². The van der Waals surface area contributed by atoms with Gasteiger partial charge in [0, 0.05) is 0 Å². The van der Waals surface area contributed by atoms with Gasteiger partial charge in [-0.1, -0.05) is 122 Å². The van der Waals surface area contributed by atoms with E-state index in [9.17, 15) is 9.59 Å². The van der Waals surface area contributed by atoms with Crippen LogP contribution in [0.15, 0.2) is 72.8 Å². The highest BCUT2D eigenvalue weighted by Gasteiger charge is 2.15. The highest BCUT2D eigenvalue weighted by Crippen LogP contribution is 2.24. The molecule has 0 heterocycles. The molecule has 3 rings (SSSR count). The number of carbonyl (C=O) groups is 2. The van der Waals surface area contributed by atoms with E-state index in [1.807, 2.05) is 36.4 Å². The van der Waals surface area contributed by atoms with E-state index in [2.05, 4.69) is 20.8 Å². The summed E-state index contributed by atoms with van der Waals surface area (Å²) in [6.07, 6.45) is 19.2. The van der Waals surface area contributed by atoms with Crippen LogP contribution in [0.2, 0.25) is 0 Å². The summed E-state index contributed by atoms with van der Waals surface area (Å²) in [6.45, 7) is 7.27. The Morgan fingerprint density at radius 2 is 0.978 bits per heavy atom. The minimum Gasteiger partial charge on any atom is -0.494 e. The average Bonchev–Trinajstić information content (AvgIpc) is 3.09. The van der Waals surface area contributed by atoms with Crippen LogP contribution in [0, 0.1) is 0 Å². The second-order valence-corrected chi connectivity index (χ2v) is 12.3. The maximum atomic E-state index is 12.8. The first-order valence-corrected chi connectivity index (χ1v) is 17.9. The smallest absolute Gasteiger partial charge is 0.343 e. The normalized spacial score (nSPS) is 11.6. The van der Waals surface area contributed by atoms with Gasteiger partial charge in [-0.25, -0.2) is 9.59 Å². The van der Waals surface area contributed by atoms with Gasteiger partial charge in [-0.2, -0.15) is 0 Å². The molecule has 1 unspecified atom stereocenters. The molecule has 3 aromatic rings. The summed E-state index contributed by atoms with van der Waals surface area (Å²) in [5.74, 6) is 0.475. The van der Waals surface area contributed by atoms with Crippen molar-refractivity contribution in [1.29, 1.82) is 0 Å². The number of unbranched alkanes of at least 4 members (excludes halogenated alkanes) is 12. The molecule has 0 aliphatic rings. The summed E-state index contributed by atoms with van der Waals surface area (Å²) in [4.78, 5) is 25.5. The minimum atomic E-state index is -0.448. The van der Waals surface area contributed by atoms with Gasteiger partial charge in [-0.3, -0.25) is 0 Å². The fourth-order valence-corrected chi connectivity index (χ4v) is 5.51. The summed E-state index contributed by atoms with van der Waals surface area (Å²) in [6, 6.07) is 22.0. The highest BCUT2D eigenvalue weighted by atomic mass is 16.5. The number of hydrogen-bond acceptors (Lipinski definition) is 5. The molecule has 0 aliphatic carbocycles. The van der Waals surface area contributed by atoms with E-state index in [4.69, 9.17) is 14.2 Å². The third kappa shape index (κ3) is 13.8. The summed E-state index contributed by atoms with van der Waals surface area (Å²) in [7, 11) is 0. The Labute approximate surface area is 278 Å². The molecular weight excluding hydrogens is 572 g/mol. The summed E-state index contributed by atoms with van der Waals surface area (Å²) < 4.78 is 17.2. The Hall–Kier alpha value is -3.60. The van der Waals surface area contributed by atoms with Crippen molar-refractivity contribution in [3.63, 3.8) is 0 Å². The highest BCUT2D eigenvalue weighted by molar-refractivity contribution is 5.92. The molecule has 0 saturated carbocycles. The van der Waals surface area contributed by atoms with E-state index in [1.54, 1.807) is 36.4 Å². The number of rotatable bonds is 23. The van der Waals surface area contributed by atoms with Crippen LogP contribution in [-0.4, -0.2) is 24.6 Å². The number of esters is 2. The Morgan fingerprint density at radius 1 is 0.522 bits per heavy atom. The van der Waals surface area contributed by atoms with Gasteiger partial charge in [0.2, 0.25) is 0 Å². The van der Waals surface area contributed by atoms with Crippen LogP contribution in [-0.2, 0) is 4.74 Å². The monoisotopic (exact) mass is 628 g/mol. The lowest BCUT2D eigenvalue weighted by Crippen LogP contribution is -2.17. The third-order valence-corrected chi connectivity index (χ3v) is 8.48. The lowest BCUT2D eigenvalue weighted by molar-refractivity contribution is 0.0267. The van der Waals surface area contributed by atoms with Crippen molar-refractivity contribution in [2.45, 2.75) is 130 Å². The summed E-state index contributed by atoms with van der Waals surface area (Å²) >= 11 is 0. The molecule has 46 heavy (non-hydrogen) atoms. The van der Waals surface area contributed by atoms with E-state index >= 15 is 0 Å². The van der Waals surface area contributed by atoms with Gasteiger partial charge >= 0.3 is 11.9 Å². The molecule has 0 fully saturated rings. The van der Waals surface area contributed by atoms with Crippen molar-refractivity contribution in [3.05, 3.63) is 83.9 Å². The van der Waals surface area contributed by atoms with Crippen molar-refractivity contribution in [3.8, 4) is 22.6 Å². The number of ether oxygens (including phenoxy) is 3. The predicted molar refractivity (Wildman–Crippen MR) is 189 cm³/mol. The van der Waals surface area contributed by atoms with E-state index in [1.165, 1.54) is 77.0 Å². The molecule has 3 aromatic carbocycles. The fraction of sp³-hybridized carbons (Fsp3) is 0.512. The first-order chi connectivity index (χ1) is 22.5. The minimum absolute atomic E-state index is 0.0741. The molecule has 5 heteroatoms. The zero-order chi connectivity index (χ0) is 32.8. The van der Waals surface area contributed by atoms with E-state index in [0.29, 0.717) is 16.9 Å². The molecule has 250 valence electrons. The molecule has 0 N–H and O–H groups in total. The van der Waals surface area contributed by atoms with Crippen molar-refractivity contribution in [1.82, 2.24) is 0 Å². The molecule has 0 spiro atoms. The third-order valence-electron chi connectivity index (χ3n) is 8.48. The molecule has 0 amide bonds. The second-order valence-electron chi connectivity index (χ2n) is 12.3. The molecule has 0 aromatic heterocycles. The average molecular weight is 629 g/mol. The largest absolute Gasteiger partial charge is 0.494 e. The molecule has 0 saturated heterocycles. The lowest BCUT2D eigenvalue weighted by Gasteiger charge is -2.16. The lowest BCUT2D eigenvalue weighted by atomic mass is 10.0. The Morgan fingerprint density at radius 3 is 1.54 bits per heavy atom. The quantitative estimate of drug-likeness (QED) is 0.0594. The van der Waals surface area contributed by atoms with Gasteiger partial charge in [-0.15, -0.1) is 0 Å². The molecule has 0 bridgehead atoms. The van der Waals surface area contributed by atoms with Crippen LogP contribution in [0.1, 0.15) is 144 Å². The van der Waals surface area contributed by atoms with Gasteiger partial charge in [0.15, 0.2) is 0 Å². The van der Waals surface area contributed by atoms with Crippen molar-refractivity contribution >= 4 is 11.9 Å². The predicted octanol–water partition coefficient (Wildman–Crippen LogP) is 11.8. The topological polar surface area (TPSA) is 61.8 Å². The van der Waals surface area contributed by atoms with Gasteiger partial charge in [0.1, 0.15) is 17.6 Å². The Kier molecular flexibility index (Phi) is 17.6. The van der Waals surface area contributed by atoms with E-state index in [-0.39, 0.29) is 12.1 Å². The Bertz CT molecular complexity index is 1250. The number of hydrogen-bond donors (Lipinski definition) is 0. The van der Waals surface area contributed by atoms with Crippen LogP contribution in [0.25, 0.3) is 11.1 Å². The zero-order valence-electron chi connectivity index (χ0n) is 28.6. The van der Waals surface area contributed by atoms with Crippen LogP contribution < -0.4 is 9.47 Å². The van der Waals surface area contributed by atoms with E-state index in [0.717, 1.165) is 49.2 Å². The molecule has 5 nitrogen and oxygen atoms in total. The van der Waals surface area contributed by atoms with Gasteiger partial charge in [0.05, 0.1) is 17.7 Å². The molecule has 0 aliphatic heterocycles. The SMILES string of the molecule is CCCCCCCCCCOc1ccc(-c2ccc(C(=O)Oc3ccc(C(=O)OC(CC)CCCCCCCC)cc3)cc2)cc1. The van der Waals surface area contributed by atoms with Gasteiger partial charge in [-0.05, 0) is 85.3 Å². The second kappa shape index (κ2) is 22.0. The zero-order valence-corrected chi connectivity index (χ0v) is 28.6. The maximum Gasteiger partial charge on any atom is 0.343 e.